The second-order valence-corrected chi connectivity index (χ2v) is 5.92. The molecule has 0 radical (unpaired) electrons. The monoisotopic (exact) mass is 262 g/mol. The molecule has 1 aliphatic heterocycles. The van der Waals surface area contributed by atoms with Gasteiger partial charge in [0.1, 0.15) is 0 Å². The minimum atomic E-state index is -0.0107. The lowest BCUT2D eigenvalue weighted by molar-refractivity contribution is -0.0882. The lowest BCUT2D eigenvalue weighted by Crippen LogP contribution is -2.47. The molecule has 0 bridgehead atoms. The molecule has 0 amide bonds. The van der Waals surface area contributed by atoms with Gasteiger partial charge in [0, 0.05) is 26.2 Å². The maximum absolute atomic E-state index is 5.75. The summed E-state index contributed by atoms with van der Waals surface area (Å²) in [5.41, 5.74) is 2.73. The Hall–Kier alpha value is -0.900. The number of hydrogen-bond acceptors (Lipinski definition) is 3. The predicted molar refractivity (Wildman–Crippen MR) is 79.1 cm³/mol. The standard InChI is InChI=1S/C16H26N2O/c1-4-17-11-14-5-7-15(8-6-14)12-18-9-10-19-16(2,3)13-18/h5-8,17H,4,9-13H2,1-3H3. The van der Waals surface area contributed by atoms with Crippen LogP contribution >= 0.6 is 0 Å². The minimum absolute atomic E-state index is 0.0107. The highest BCUT2D eigenvalue weighted by Crippen LogP contribution is 2.18. The molecule has 1 heterocycles. The Morgan fingerprint density at radius 3 is 2.53 bits per heavy atom. The van der Waals surface area contributed by atoms with E-state index in [0.29, 0.717) is 0 Å². The van der Waals surface area contributed by atoms with Crippen molar-refractivity contribution in [3.05, 3.63) is 35.4 Å². The van der Waals surface area contributed by atoms with Crippen LogP contribution in [0.2, 0.25) is 0 Å². The van der Waals surface area contributed by atoms with Gasteiger partial charge < -0.3 is 10.1 Å². The van der Waals surface area contributed by atoms with Crippen LogP contribution in [0.5, 0.6) is 0 Å². The number of ether oxygens (including phenoxy) is 1. The van der Waals surface area contributed by atoms with Crippen LogP contribution in [0.1, 0.15) is 31.9 Å². The van der Waals surface area contributed by atoms with Gasteiger partial charge in [-0.3, -0.25) is 4.90 Å². The van der Waals surface area contributed by atoms with Gasteiger partial charge >= 0.3 is 0 Å². The topological polar surface area (TPSA) is 24.5 Å². The average Bonchev–Trinajstić information content (AvgIpc) is 2.37. The van der Waals surface area contributed by atoms with Gasteiger partial charge in [-0.1, -0.05) is 31.2 Å². The first-order valence-corrected chi connectivity index (χ1v) is 7.24. The SMILES string of the molecule is CCNCc1ccc(CN2CCOC(C)(C)C2)cc1. The van der Waals surface area contributed by atoms with E-state index in [1.165, 1.54) is 11.1 Å². The van der Waals surface area contributed by atoms with Crippen LogP contribution in [-0.4, -0.2) is 36.7 Å². The molecule has 0 spiro atoms. The summed E-state index contributed by atoms with van der Waals surface area (Å²) in [7, 11) is 0. The van der Waals surface area contributed by atoms with E-state index in [-0.39, 0.29) is 5.60 Å². The molecule has 0 atom stereocenters. The van der Waals surface area contributed by atoms with E-state index in [4.69, 9.17) is 4.74 Å². The van der Waals surface area contributed by atoms with E-state index in [1.807, 2.05) is 0 Å². The van der Waals surface area contributed by atoms with E-state index in [2.05, 4.69) is 55.3 Å². The number of nitrogens with zero attached hydrogens (tertiary/aromatic N) is 1. The van der Waals surface area contributed by atoms with E-state index in [9.17, 15) is 0 Å². The van der Waals surface area contributed by atoms with Gasteiger partial charge in [-0.25, -0.2) is 0 Å². The van der Waals surface area contributed by atoms with Crippen LogP contribution in [0, 0.1) is 0 Å². The van der Waals surface area contributed by atoms with E-state index >= 15 is 0 Å². The highest BCUT2D eigenvalue weighted by atomic mass is 16.5. The summed E-state index contributed by atoms with van der Waals surface area (Å²) in [6.45, 7) is 12.3. The highest BCUT2D eigenvalue weighted by Gasteiger charge is 2.26. The zero-order chi connectivity index (χ0) is 13.7. The van der Waals surface area contributed by atoms with Gasteiger partial charge in [-0.2, -0.15) is 0 Å². The van der Waals surface area contributed by atoms with Crippen molar-refractivity contribution in [1.29, 1.82) is 0 Å². The van der Waals surface area contributed by atoms with E-state index in [1.54, 1.807) is 0 Å². The maximum Gasteiger partial charge on any atom is 0.0753 e. The fourth-order valence-corrected chi connectivity index (χ4v) is 2.54. The number of rotatable bonds is 5. The average molecular weight is 262 g/mol. The summed E-state index contributed by atoms with van der Waals surface area (Å²) < 4.78 is 5.75. The Balaban J connectivity index is 1.88. The number of hydrogen-bond donors (Lipinski definition) is 1. The van der Waals surface area contributed by atoms with Crippen molar-refractivity contribution in [1.82, 2.24) is 10.2 Å². The first-order chi connectivity index (χ1) is 9.09. The molecule has 1 aromatic carbocycles. The maximum atomic E-state index is 5.75. The lowest BCUT2D eigenvalue weighted by atomic mass is 10.1. The van der Waals surface area contributed by atoms with Gasteiger partial charge in [0.25, 0.3) is 0 Å². The van der Waals surface area contributed by atoms with Crippen molar-refractivity contribution in [2.24, 2.45) is 0 Å². The van der Waals surface area contributed by atoms with Crippen molar-refractivity contribution in [2.75, 3.05) is 26.2 Å². The third-order valence-electron chi connectivity index (χ3n) is 3.51. The minimum Gasteiger partial charge on any atom is -0.373 e. The van der Waals surface area contributed by atoms with Crippen LogP contribution in [0.25, 0.3) is 0 Å². The third kappa shape index (κ3) is 4.60. The van der Waals surface area contributed by atoms with Gasteiger partial charge in [0.15, 0.2) is 0 Å². The second kappa shape index (κ2) is 6.51. The molecule has 0 unspecified atom stereocenters. The predicted octanol–water partition coefficient (Wildman–Crippen LogP) is 2.41. The lowest BCUT2D eigenvalue weighted by Gasteiger charge is -2.38. The Labute approximate surface area is 116 Å². The second-order valence-electron chi connectivity index (χ2n) is 5.92. The van der Waals surface area contributed by atoms with Crippen molar-refractivity contribution in [2.45, 2.75) is 39.5 Å². The molecule has 1 N–H and O–H groups in total. The summed E-state index contributed by atoms with van der Waals surface area (Å²) >= 11 is 0. The zero-order valence-corrected chi connectivity index (χ0v) is 12.4. The molecule has 1 aromatic rings. The molecule has 3 heteroatoms. The first kappa shape index (κ1) is 14.5. The molecular weight excluding hydrogens is 236 g/mol. The summed E-state index contributed by atoms with van der Waals surface area (Å²) in [5.74, 6) is 0. The number of benzene rings is 1. The third-order valence-corrected chi connectivity index (χ3v) is 3.51. The normalized spacial score (nSPS) is 19.5. The molecule has 0 aromatic heterocycles. The quantitative estimate of drug-likeness (QED) is 0.882. The Morgan fingerprint density at radius 1 is 1.21 bits per heavy atom. The van der Waals surface area contributed by atoms with Crippen LogP contribution in [-0.2, 0) is 17.8 Å². The molecule has 2 rings (SSSR count). The fourth-order valence-electron chi connectivity index (χ4n) is 2.54. The molecule has 106 valence electrons. The van der Waals surface area contributed by atoms with Crippen LogP contribution < -0.4 is 5.32 Å². The molecule has 19 heavy (non-hydrogen) atoms. The Kier molecular flexibility index (Phi) is 4.97. The Morgan fingerprint density at radius 2 is 1.89 bits per heavy atom. The summed E-state index contributed by atoms with van der Waals surface area (Å²) in [5, 5.41) is 3.35. The van der Waals surface area contributed by atoms with Crippen molar-refractivity contribution >= 4 is 0 Å². The van der Waals surface area contributed by atoms with Crippen LogP contribution in [0.4, 0.5) is 0 Å². The summed E-state index contributed by atoms with van der Waals surface area (Å²) in [4.78, 5) is 2.47. The molecule has 0 aliphatic carbocycles. The van der Waals surface area contributed by atoms with Crippen LogP contribution in [0.15, 0.2) is 24.3 Å². The number of morpholine rings is 1. The largest absolute Gasteiger partial charge is 0.373 e. The molecule has 1 aliphatic rings. The first-order valence-electron chi connectivity index (χ1n) is 7.24. The van der Waals surface area contributed by atoms with Gasteiger partial charge in [0.05, 0.1) is 12.2 Å². The van der Waals surface area contributed by atoms with Crippen LogP contribution in [0.3, 0.4) is 0 Å². The fraction of sp³-hybridized carbons (Fsp3) is 0.625. The van der Waals surface area contributed by atoms with E-state index < -0.39 is 0 Å². The molecule has 1 fully saturated rings. The molecule has 1 saturated heterocycles. The summed E-state index contributed by atoms with van der Waals surface area (Å²) in [6, 6.07) is 8.94. The van der Waals surface area contributed by atoms with E-state index in [0.717, 1.165) is 39.3 Å². The number of nitrogens with one attached hydrogen (secondary N) is 1. The Bertz CT molecular complexity index is 386. The van der Waals surface area contributed by atoms with Gasteiger partial charge in [-0.15, -0.1) is 0 Å². The highest BCUT2D eigenvalue weighted by molar-refractivity contribution is 5.22. The van der Waals surface area contributed by atoms with Crippen molar-refractivity contribution < 1.29 is 4.74 Å². The summed E-state index contributed by atoms with van der Waals surface area (Å²) in [6.07, 6.45) is 0. The molecular formula is C16H26N2O. The molecule has 0 saturated carbocycles. The van der Waals surface area contributed by atoms with Gasteiger partial charge in [0.2, 0.25) is 0 Å². The van der Waals surface area contributed by atoms with Crippen molar-refractivity contribution in [3.8, 4) is 0 Å². The van der Waals surface area contributed by atoms with Crippen molar-refractivity contribution in [3.63, 3.8) is 0 Å². The smallest absolute Gasteiger partial charge is 0.0753 e. The van der Waals surface area contributed by atoms with Gasteiger partial charge in [-0.05, 0) is 31.5 Å². The zero-order valence-electron chi connectivity index (χ0n) is 12.4. The molecule has 3 nitrogen and oxygen atoms in total.